The Morgan fingerprint density at radius 1 is 1.48 bits per heavy atom. The molecule has 0 aromatic carbocycles. The van der Waals surface area contributed by atoms with Crippen LogP contribution in [0.1, 0.15) is 26.3 Å². The van der Waals surface area contributed by atoms with Crippen LogP contribution >= 0.6 is 0 Å². The predicted molar refractivity (Wildman–Crippen MR) is 86.2 cm³/mol. The van der Waals surface area contributed by atoms with Crippen molar-refractivity contribution in [3.63, 3.8) is 0 Å². The third kappa shape index (κ3) is 5.33. The van der Waals surface area contributed by atoms with Crippen LogP contribution in [0.4, 0.5) is 10.7 Å². The first-order valence-electron chi connectivity index (χ1n) is 7.75. The van der Waals surface area contributed by atoms with Gasteiger partial charge in [-0.1, -0.05) is 0 Å². The Morgan fingerprint density at radius 2 is 2.17 bits per heavy atom. The Bertz CT molecular complexity index is 515. The number of ether oxygens (including phenoxy) is 1. The number of alkyl carbamates (subject to hydrolysis) is 1. The summed E-state index contributed by atoms with van der Waals surface area (Å²) in [6.45, 7) is 8.10. The first kappa shape index (κ1) is 17.4. The minimum atomic E-state index is -0.522. The number of carbonyl (C=O) groups is 1. The summed E-state index contributed by atoms with van der Waals surface area (Å²) in [4.78, 5) is 22.3. The standard InChI is InChI=1S/C15H25N5O3/c1-15(2,3)23-14(22)19-8-11-6-17-13(18-7-11)20-5-4-16-9-12(20)10-21/h6-7,12,16,21H,4-5,8-10H2,1-3H3,(H,19,22). The van der Waals surface area contributed by atoms with Crippen molar-refractivity contribution in [2.75, 3.05) is 31.1 Å². The summed E-state index contributed by atoms with van der Waals surface area (Å²) in [5, 5.41) is 15.3. The zero-order chi connectivity index (χ0) is 16.9. The highest BCUT2D eigenvalue weighted by Crippen LogP contribution is 2.13. The second-order valence-electron chi connectivity index (χ2n) is 6.48. The molecule has 23 heavy (non-hydrogen) atoms. The molecular weight excluding hydrogens is 298 g/mol. The topological polar surface area (TPSA) is 99.6 Å². The molecule has 0 spiro atoms. The lowest BCUT2D eigenvalue weighted by Gasteiger charge is -2.35. The Hall–Kier alpha value is -1.93. The van der Waals surface area contributed by atoms with E-state index in [1.807, 2.05) is 25.7 Å². The number of amides is 1. The van der Waals surface area contributed by atoms with Crippen molar-refractivity contribution in [1.29, 1.82) is 0 Å². The highest BCUT2D eigenvalue weighted by atomic mass is 16.6. The lowest BCUT2D eigenvalue weighted by atomic mass is 10.2. The zero-order valence-corrected chi connectivity index (χ0v) is 13.9. The molecule has 128 valence electrons. The third-order valence-corrected chi connectivity index (χ3v) is 3.35. The first-order chi connectivity index (χ1) is 10.9. The Labute approximate surface area is 136 Å². The Morgan fingerprint density at radius 3 is 2.78 bits per heavy atom. The van der Waals surface area contributed by atoms with E-state index in [1.165, 1.54) is 0 Å². The summed E-state index contributed by atoms with van der Waals surface area (Å²) in [5.74, 6) is 0.589. The predicted octanol–water partition coefficient (Wildman–Crippen LogP) is 0.272. The lowest BCUT2D eigenvalue weighted by molar-refractivity contribution is 0.0523. The molecule has 1 saturated heterocycles. The largest absolute Gasteiger partial charge is 0.444 e. The first-order valence-corrected chi connectivity index (χ1v) is 7.75. The van der Waals surface area contributed by atoms with Crippen LogP contribution in [0.3, 0.4) is 0 Å². The summed E-state index contributed by atoms with van der Waals surface area (Å²) in [5.41, 5.74) is 0.266. The number of piperazine rings is 1. The maximum Gasteiger partial charge on any atom is 0.407 e. The maximum absolute atomic E-state index is 11.6. The van der Waals surface area contributed by atoms with Crippen molar-refractivity contribution in [3.8, 4) is 0 Å². The number of hydrogen-bond acceptors (Lipinski definition) is 7. The van der Waals surface area contributed by atoms with E-state index in [0.717, 1.165) is 18.7 Å². The number of hydrogen-bond donors (Lipinski definition) is 3. The number of anilines is 1. The van der Waals surface area contributed by atoms with Gasteiger partial charge in [0.15, 0.2) is 0 Å². The van der Waals surface area contributed by atoms with Crippen LogP contribution in [0.25, 0.3) is 0 Å². The van der Waals surface area contributed by atoms with Gasteiger partial charge < -0.3 is 25.4 Å². The fraction of sp³-hybridized carbons (Fsp3) is 0.667. The molecule has 2 rings (SSSR count). The quantitative estimate of drug-likeness (QED) is 0.731. The lowest BCUT2D eigenvalue weighted by Crippen LogP contribution is -2.53. The minimum Gasteiger partial charge on any atom is -0.444 e. The van der Waals surface area contributed by atoms with Gasteiger partial charge in [-0.3, -0.25) is 0 Å². The molecule has 0 saturated carbocycles. The average molecular weight is 323 g/mol. The molecule has 8 heteroatoms. The molecular formula is C15H25N5O3. The molecule has 1 aromatic heterocycles. The molecule has 0 aliphatic carbocycles. The monoisotopic (exact) mass is 323 g/mol. The van der Waals surface area contributed by atoms with E-state index in [-0.39, 0.29) is 12.6 Å². The molecule has 1 aliphatic heterocycles. The van der Waals surface area contributed by atoms with Gasteiger partial charge in [0.2, 0.25) is 5.95 Å². The molecule has 0 bridgehead atoms. The van der Waals surface area contributed by atoms with Crippen molar-refractivity contribution in [2.24, 2.45) is 0 Å². The number of nitrogens with one attached hydrogen (secondary N) is 2. The molecule has 1 fully saturated rings. The van der Waals surface area contributed by atoms with Crippen LogP contribution in [0.5, 0.6) is 0 Å². The highest BCUT2D eigenvalue weighted by molar-refractivity contribution is 5.67. The van der Waals surface area contributed by atoms with Gasteiger partial charge in [-0.05, 0) is 20.8 Å². The number of nitrogens with zero attached hydrogens (tertiary/aromatic N) is 3. The van der Waals surface area contributed by atoms with Crippen molar-refractivity contribution in [1.82, 2.24) is 20.6 Å². The molecule has 2 heterocycles. The van der Waals surface area contributed by atoms with Crippen LogP contribution in [0, 0.1) is 0 Å². The number of aliphatic hydroxyl groups is 1. The van der Waals surface area contributed by atoms with E-state index in [1.54, 1.807) is 12.4 Å². The minimum absolute atomic E-state index is 0.0190. The van der Waals surface area contributed by atoms with E-state index in [0.29, 0.717) is 19.0 Å². The van der Waals surface area contributed by atoms with E-state index in [9.17, 15) is 9.90 Å². The zero-order valence-electron chi connectivity index (χ0n) is 13.9. The van der Waals surface area contributed by atoms with E-state index >= 15 is 0 Å². The van der Waals surface area contributed by atoms with Crippen LogP contribution in [0.2, 0.25) is 0 Å². The van der Waals surface area contributed by atoms with Gasteiger partial charge >= 0.3 is 6.09 Å². The molecule has 0 radical (unpaired) electrons. The smallest absolute Gasteiger partial charge is 0.407 e. The second-order valence-corrected chi connectivity index (χ2v) is 6.48. The van der Waals surface area contributed by atoms with E-state index in [4.69, 9.17) is 4.74 Å². The second kappa shape index (κ2) is 7.56. The molecule has 1 amide bonds. The normalized spacial score (nSPS) is 18.6. The third-order valence-electron chi connectivity index (χ3n) is 3.35. The summed E-state index contributed by atoms with van der Waals surface area (Å²) >= 11 is 0. The molecule has 1 aliphatic rings. The van der Waals surface area contributed by atoms with Gasteiger partial charge in [0.25, 0.3) is 0 Å². The average Bonchev–Trinajstić information content (AvgIpc) is 2.52. The Kier molecular flexibility index (Phi) is 5.73. The summed E-state index contributed by atoms with van der Waals surface area (Å²) in [7, 11) is 0. The number of aromatic nitrogens is 2. The number of carbonyl (C=O) groups excluding carboxylic acids is 1. The van der Waals surface area contributed by atoms with Gasteiger partial charge in [0, 0.05) is 44.1 Å². The van der Waals surface area contributed by atoms with Gasteiger partial charge in [-0.2, -0.15) is 0 Å². The summed E-state index contributed by atoms with van der Waals surface area (Å²) in [6, 6.07) is -0.0190. The fourth-order valence-electron chi connectivity index (χ4n) is 2.26. The van der Waals surface area contributed by atoms with Gasteiger partial charge in [-0.25, -0.2) is 14.8 Å². The maximum atomic E-state index is 11.6. The molecule has 1 unspecified atom stereocenters. The van der Waals surface area contributed by atoms with E-state index < -0.39 is 11.7 Å². The summed E-state index contributed by atoms with van der Waals surface area (Å²) < 4.78 is 5.17. The molecule has 3 N–H and O–H groups in total. The van der Waals surface area contributed by atoms with Crippen molar-refractivity contribution >= 4 is 12.0 Å². The van der Waals surface area contributed by atoms with Crippen LogP contribution in [0.15, 0.2) is 12.4 Å². The van der Waals surface area contributed by atoms with Crippen LogP contribution < -0.4 is 15.5 Å². The van der Waals surface area contributed by atoms with Crippen LogP contribution in [-0.2, 0) is 11.3 Å². The fourth-order valence-corrected chi connectivity index (χ4v) is 2.26. The SMILES string of the molecule is CC(C)(C)OC(=O)NCc1cnc(N2CCNCC2CO)nc1. The van der Waals surface area contributed by atoms with Gasteiger partial charge in [-0.15, -0.1) is 0 Å². The van der Waals surface area contributed by atoms with Crippen LogP contribution in [-0.4, -0.2) is 59.1 Å². The Balaban J connectivity index is 1.90. The summed E-state index contributed by atoms with van der Waals surface area (Å²) in [6.07, 6.45) is 2.89. The van der Waals surface area contributed by atoms with Crippen molar-refractivity contribution in [2.45, 2.75) is 39.0 Å². The number of rotatable bonds is 4. The molecule has 1 aromatic rings. The van der Waals surface area contributed by atoms with Crippen molar-refractivity contribution < 1.29 is 14.6 Å². The number of aliphatic hydroxyl groups excluding tert-OH is 1. The molecule has 1 atom stereocenters. The van der Waals surface area contributed by atoms with E-state index in [2.05, 4.69) is 20.6 Å². The highest BCUT2D eigenvalue weighted by Gasteiger charge is 2.23. The van der Waals surface area contributed by atoms with Crippen molar-refractivity contribution in [3.05, 3.63) is 18.0 Å². The van der Waals surface area contributed by atoms with Gasteiger partial charge in [0.1, 0.15) is 5.60 Å². The molecule has 8 nitrogen and oxygen atoms in total. The van der Waals surface area contributed by atoms with Gasteiger partial charge in [0.05, 0.1) is 12.6 Å².